The Morgan fingerprint density at radius 2 is 1.48 bits per heavy atom. The van der Waals surface area contributed by atoms with Gasteiger partial charge < -0.3 is 5.32 Å². The first-order valence-electron chi connectivity index (χ1n) is 10.0. The van der Waals surface area contributed by atoms with Crippen LogP contribution in [-0.4, -0.2) is 26.6 Å². The van der Waals surface area contributed by atoms with Crippen LogP contribution in [0.2, 0.25) is 0 Å². The molecular formula is C25H24N2O3S. The summed E-state index contributed by atoms with van der Waals surface area (Å²) in [6, 6.07) is 28.4. The number of rotatable bonds is 9. The van der Waals surface area contributed by atoms with E-state index in [9.17, 15) is 13.2 Å². The molecule has 3 aromatic rings. The molecule has 31 heavy (non-hydrogen) atoms. The van der Waals surface area contributed by atoms with Crippen LogP contribution in [0.1, 0.15) is 11.1 Å². The Kier molecular flexibility index (Phi) is 7.58. The Balaban J connectivity index is 1.81. The number of benzene rings is 3. The molecular weight excluding hydrogens is 408 g/mol. The maximum absolute atomic E-state index is 12.8. The van der Waals surface area contributed by atoms with Gasteiger partial charge in [0.2, 0.25) is 5.91 Å². The summed E-state index contributed by atoms with van der Waals surface area (Å²) < 4.78 is 25.6. The van der Waals surface area contributed by atoms with Crippen molar-refractivity contribution < 1.29 is 13.2 Å². The lowest BCUT2D eigenvalue weighted by Gasteiger charge is -2.17. The lowest BCUT2D eigenvalue weighted by molar-refractivity contribution is -0.124. The molecule has 5 nitrogen and oxygen atoms in total. The zero-order valence-electron chi connectivity index (χ0n) is 17.1. The summed E-state index contributed by atoms with van der Waals surface area (Å²) in [5.74, 6) is -1.62. The summed E-state index contributed by atoms with van der Waals surface area (Å²) in [5, 5.41) is 11.3. The molecule has 0 bridgehead atoms. The van der Waals surface area contributed by atoms with Gasteiger partial charge >= 0.3 is 0 Å². The van der Waals surface area contributed by atoms with Crippen molar-refractivity contribution in [3.8, 4) is 17.2 Å². The van der Waals surface area contributed by atoms with Gasteiger partial charge in [-0.1, -0.05) is 84.9 Å². The largest absolute Gasteiger partial charge is 0.343 e. The van der Waals surface area contributed by atoms with Gasteiger partial charge in [-0.25, -0.2) is 8.42 Å². The van der Waals surface area contributed by atoms with Crippen molar-refractivity contribution in [3.63, 3.8) is 0 Å². The van der Waals surface area contributed by atoms with E-state index in [1.165, 1.54) is 0 Å². The minimum absolute atomic E-state index is 0.125. The third-order valence-corrected chi connectivity index (χ3v) is 6.60. The van der Waals surface area contributed by atoms with Crippen LogP contribution < -0.4 is 5.32 Å². The predicted octanol–water partition coefficient (Wildman–Crippen LogP) is 3.77. The first kappa shape index (κ1) is 22.3. The van der Waals surface area contributed by atoms with Crippen LogP contribution in [0.25, 0.3) is 11.1 Å². The zero-order chi connectivity index (χ0) is 22.1. The van der Waals surface area contributed by atoms with Gasteiger partial charge in [-0.05, 0) is 28.7 Å². The van der Waals surface area contributed by atoms with Gasteiger partial charge in [0.05, 0.1) is 23.5 Å². The van der Waals surface area contributed by atoms with Crippen molar-refractivity contribution in [3.05, 3.63) is 96.1 Å². The second kappa shape index (κ2) is 10.6. The van der Waals surface area contributed by atoms with E-state index in [-0.39, 0.29) is 24.5 Å². The minimum atomic E-state index is -3.53. The fourth-order valence-electron chi connectivity index (χ4n) is 3.48. The summed E-state index contributed by atoms with van der Waals surface area (Å²) in [6.45, 7) is -0.155. The number of carbonyl (C=O) groups excluding carboxylic acids is 1. The predicted molar refractivity (Wildman–Crippen MR) is 122 cm³/mol. The topological polar surface area (TPSA) is 87.0 Å². The highest BCUT2D eigenvalue weighted by molar-refractivity contribution is 7.90. The SMILES string of the molecule is N#CCNC(=O)C(Cc1cccc(-c2ccccc2)c1)CS(=O)(=O)Cc1ccccc1. The number of hydrogen-bond acceptors (Lipinski definition) is 4. The maximum Gasteiger partial charge on any atom is 0.225 e. The number of nitrogens with zero attached hydrogens (tertiary/aromatic N) is 1. The van der Waals surface area contributed by atoms with E-state index in [1.54, 1.807) is 24.3 Å². The Morgan fingerprint density at radius 3 is 2.16 bits per heavy atom. The highest BCUT2D eigenvalue weighted by atomic mass is 32.2. The summed E-state index contributed by atoms with van der Waals surface area (Å²) >= 11 is 0. The fourth-order valence-corrected chi connectivity index (χ4v) is 5.19. The van der Waals surface area contributed by atoms with Gasteiger partial charge in [0.15, 0.2) is 9.84 Å². The Bertz CT molecular complexity index is 1150. The second-order valence-electron chi connectivity index (χ2n) is 7.38. The highest BCUT2D eigenvalue weighted by Crippen LogP contribution is 2.22. The molecule has 6 heteroatoms. The molecule has 158 valence electrons. The maximum atomic E-state index is 12.8. The zero-order valence-corrected chi connectivity index (χ0v) is 17.9. The second-order valence-corrected chi connectivity index (χ2v) is 9.49. The van der Waals surface area contributed by atoms with Crippen LogP contribution in [0.5, 0.6) is 0 Å². The van der Waals surface area contributed by atoms with E-state index in [4.69, 9.17) is 5.26 Å². The molecule has 0 aliphatic carbocycles. The van der Waals surface area contributed by atoms with Gasteiger partial charge in [0, 0.05) is 0 Å². The Hall–Kier alpha value is -3.43. The molecule has 3 rings (SSSR count). The molecule has 1 unspecified atom stereocenters. The van der Waals surface area contributed by atoms with Crippen LogP contribution in [0.3, 0.4) is 0 Å². The molecule has 0 saturated carbocycles. The van der Waals surface area contributed by atoms with Crippen LogP contribution >= 0.6 is 0 Å². The highest BCUT2D eigenvalue weighted by Gasteiger charge is 2.26. The van der Waals surface area contributed by atoms with Gasteiger partial charge in [0.1, 0.15) is 6.54 Å². The molecule has 0 radical (unpaired) electrons. The Morgan fingerprint density at radius 1 is 0.871 bits per heavy atom. The Labute approximate surface area is 183 Å². The molecule has 1 amide bonds. The van der Waals surface area contributed by atoms with Crippen molar-refractivity contribution in [2.45, 2.75) is 12.2 Å². The van der Waals surface area contributed by atoms with Crippen LogP contribution in [0.15, 0.2) is 84.9 Å². The molecule has 0 heterocycles. The van der Waals surface area contributed by atoms with Crippen molar-refractivity contribution in [1.82, 2.24) is 5.32 Å². The molecule has 0 fully saturated rings. The fraction of sp³-hybridized carbons (Fsp3) is 0.200. The van der Waals surface area contributed by atoms with Crippen molar-refractivity contribution in [2.24, 2.45) is 5.92 Å². The molecule has 3 aromatic carbocycles. The first-order chi connectivity index (χ1) is 15.0. The molecule has 0 saturated heterocycles. The van der Waals surface area contributed by atoms with Crippen LogP contribution in [0.4, 0.5) is 0 Å². The standard InChI is InChI=1S/C25H24N2O3S/c26-14-15-27-25(28)24(19-31(29,30)18-20-8-3-1-4-9-20)17-21-10-7-13-23(16-21)22-11-5-2-6-12-22/h1-13,16,24H,15,17-19H2,(H,27,28). The van der Waals surface area contributed by atoms with E-state index in [2.05, 4.69) is 5.32 Å². The van der Waals surface area contributed by atoms with E-state index < -0.39 is 21.7 Å². The molecule has 1 atom stereocenters. The van der Waals surface area contributed by atoms with E-state index >= 15 is 0 Å². The van der Waals surface area contributed by atoms with Gasteiger partial charge in [-0.2, -0.15) is 5.26 Å². The summed E-state index contributed by atoms with van der Waals surface area (Å²) in [6.07, 6.45) is 0.270. The lowest BCUT2D eigenvalue weighted by atomic mass is 9.96. The summed E-state index contributed by atoms with van der Waals surface area (Å²) in [5.41, 5.74) is 3.60. The molecule has 0 aliphatic rings. The average molecular weight is 433 g/mol. The first-order valence-corrected chi connectivity index (χ1v) is 11.8. The van der Waals surface area contributed by atoms with Crippen molar-refractivity contribution in [1.29, 1.82) is 5.26 Å². The van der Waals surface area contributed by atoms with Crippen LogP contribution in [0, 0.1) is 17.2 Å². The number of nitrogens with one attached hydrogen (secondary N) is 1. The molecule has 0 aliphatic heterocycles. The normalized spacial score (nSPS) is 12.0. The average Bonchev–Trinajstić information content (AvgIpc) is 2.78. The van der Waals surface area contributed by atoms with Crippen molar-refractivity contribution in [2.75, 3.05) is 12.3 Å². The monoisotopic (exact) mass is 432 g/mol. The summed E-state index contributed by atoms with van der Waals surface area (Å²) in [7, 11) is -3.53. The number of amides is 1. The number of sulfone groups is 1. The third-order valence-electron chi connectivity index (χ3n) is 4.91. The van der Waals surface area contributed by atoms with Gasteiger partial charge in [0.25, 0.3) is 0 Å². The van der Waals surface area contributed by atoms with Crippen LogP contribution in [-0.2, 0) is 26.8 Å². The summed E-state index contributed by atoms with van der Waals surface area (Å²) in [4.78, 5) is 12.7. The molecule has 0 spiro atoms. The third kappa shape index (κ3) is 6.80. The number of hydrogen-bond donors (Lipinski definition) is 1. The van der Waals surface area contributed by atoms with E-state index in [0.29, 0.717) is 5.56 Å². The quantitative estimate of drug-likeness (QED) is 0.522. The van der Waals surface area contributed by atoms with E-state index in [1.807, 2.05) is 66.7 Å². The van der Waals surface area contributed by atoms with Gasteiger partial charge in [-0.15, -0.1) is 0 Å². The van der Waals surface area contributed by atoms with Crippen molar-refractivity contribution >= 4 is 15.7 Å². The smallest absolute Gasteiger partial charge is 0.225 e. The lowest BCUT2D eigenvalue weighted by Crippen LogP contribution is -2.36. The number of nitriles is 1. The molecule has 0 aromatic heterocycles. The van der Waals surface area contributed by atoms with Gasteiger partial charge in [-0.3, -0.25) is 4.79 Å². The van der Waals surface area contributed by atoms with E-state index in [0.717, 1.165) is 16.7 Å². The minimum Gasteiger partial charge on any atom is -0.343 e. The molecule has 1 N–H and O–H groups in total. The number of carbonyl (C=O) groups is 1.